The first-order valence-electron chi connectivity index (χ1n) is 10.3. The van der Waals surface area contributed by atoms with Gasteiger partial charge in [-0.3, -0.25) is 4.90 Å². The monoisotopic (exact) mass is 555 g/mol. The summed E-state index contributed by atoms with van der Waals surface area (Å²) in [7, 11) is 1.18. The molecular weight excluding hydrogens is 542 g/mol. The number of methoxy groups -OCH3 is 1. The fourth-order valence-corrected chi connectivity index (χ4v) is 4.31. The van der Waals surface area contributed by atoms with Crippen molar-refractivity contribution in [3.05, 3.63) is 52.3 Å². The van der Waals surface area contributed by atoms with Crippen LogP contribution in [0.2, 0.25) is 10.2 Å². The Kier molecular flexibility index (Phi) is 5.71. The van der Waals surface area contributed by atoms with E-state index in [1.165, 1.54) is 25.4 Å². The number of esters is 1. The molecule has 0 saturated carbocycles. The van der Waals surface area contributed by atoms with Crippen molar-refractivity contribution in [2.75, 3.05) is 23.9 Å². The molecule has 2 amide bonds. The number of fused-ring (bicyclic) bond motifs is 3. The molecule has 5 rings (SSSR count). The lowest BCUT2D eigenvalue weighted by molar-refractivity contribution is -0.181. The second-order valence-corrected chi connectivity index (χ2v) is 8.91. The third-order valence-corrected chi connectivity index (χ3v) is 6.20. The molecule has 0 radical (unpaired) electrons. The number of anilines is 2. The zero-order chi connectivity index (χ0) is 26.7. The van der Waals surface area contributed by atoms with Gasteiger partial charge in [0.2, 0.25) is 0 Å². The summed E-state index contributed by atoms with van der Waals surface area (Å²) in [4.78, 5) is 34.8. The first kappa shape index (κ1) is 24.7. The number of hydrogen-bond donors (Lipinski definition) is 1. The van der Waals surface area contributed by atoms with Gasteiger partial charge < -0.3 is 10.1 Å². The van der Waals surface area contributed by atoms with Gasteiger partial charge in [-0.25, -0.2) is 24.1 Å². The van der Waals surface area contributed by atoms with E-state index in [-0.39, 0.29) is 44.4 Å². The van der Waals surface area contributed by atoms with E-state index in [0.717, 1.165) is 33.5 Å². The maximum Gasteiger partial charge on any atom is 0.401 e. The van der Waals surface area contributed by atoms with Crippen LogP contribution in [-0.4, -0.2) is 66.4 Å². The van der Waals surface area contributed by atoms with Crippen molar-refractivity contribution in [3.8, 4) is 5.82 Å². The van der Waals surface area contributed by atoms with E-state index >= 15 is 0 Å². The lowest BCUT2D eigenvalue weighted by Gasteiger charge is -2.28. The third-order valence-electron chi connectivity index (χ3n) is 5.74. The maximum atomic E-state index is 14.2. The fourth-order valence-electron chi connectivity index (χ4n) is 3.89. The molecule has 0 aromatic carbocycles. The zero-order valence-electron chi connectivity index (χ0n) is 18.8. The number of rotatable bonds is 3. The highest BCUT2D eigenvalue weighted by Crippen LogP contribution is 2.50. The van der Waals surface area contributed by atoms with Crippen LogP contribution in [0.4, 0.5) is 29.3 Å². The number of carbonyl (C=O) groups is 2. The van der Waals surface area contributed by atoms with Crippen LogP contribution in [0.15, 0.2) is 30.7 Å². The van der Waals surface area contributed by atoms with Crippen LogP contribution in [0.3, 0.4) is 0 Å². The summed E-state index contributed by atoms with van der Waals surface area (Å²) >= 11 is 12.2. The molecule has 4 aromatic rings. The van der Waals surface area contributed by atoms with E-state index in [2.05, 4.69) is 35.3 Å². The summed E-state index contributed by atoms with van der Waals surface area (Å²) in [5, 5.41) is 14.2. The Bertz CT molecular complexity index is 1570. The predicted molar refractivity (Wildman–Crippen MR) is 123 cm³/mol. The van der Waals surface area contributed by atoms with Gasteiger partial charge in [-0.15, -0.1) is 9.90 Å². The van der Waals surface area contributed by atoms with Gasteiger partial charge in [-0.1, -0.05) is 23.2 Å². The van der Waals surface area contributed by atoms with Gasteiger partial charge in [0.25, 0.3) is 0 Å². The predicted octanol–water partition coefficient (Wildman–Crippen LogP) is 3.67. The van der Waals surface area contributed by atoms with Gasteiger partial charge >= 0.3 is 18.2 Å². The molecule has 0 fully saturated rings. The largest absolute Gasteiger partial charge is 0.464 e. The van der Waals surface area contributed by atoms with Crippen molar-refractivity contribution in [3.63, 3.8) is 0 Å². The Morgan fingerprint density at radius 2 is 1.89 bits per heavy atom. The third kappa shape index (κ3) is 3.99. The Hall–Kier alpha value is -3.98. The number of hydrogen-bond acceptors (Lipinski definition) is 8. The van der Waals surface area contributed by atoms with Crippen LogP contribution in [0.5, 0.6) is 0 Å². The Morgan fingerprint density at radius 1 is 1.14 bits per heavy atom. The van der Waals surface area contributed by atoms with Crippen molar-refractivity contribution < 1.29 is 27.5 Å². The second kappa shape index (κ2) is 8.55. The van der Waals surface area contributed by atoms with Crippen LogP contribution in [-0.2, 0) is 10.2 Å². The minimum absolute atomic E-state index is 0.0127. The highest BCUT2D eigenvalue weighted by atomic mass is 35.5. The highest BCUT2D eigenvalue weighted by Gasteiger charge is 2.60. The number of nitrogens with zero attached hydrogens (tertiary/aromatic N) is 8. The topological polar surface area (TPSA) is 132 Å². The Labute approximate surface area is 214 Å². The molecule has 1 N–H and O–H groups in total. The molecule has 0 saturated heterocycles. The van der Waals surface area contributed by atoms with Gasteiger partial charge in [0.05, 0.1) is 47.8 Å². The molecule has 4 aromatic heterocycles. The van der Waals surface area contributed by atoms with Gasteiger partial charge in [-0.05, 0) is 13.0 Å². The molecule has 0 aliphatic carbocycles. The molecule has 0 spiro atoms. The van der Waals surface area contributed by atoms with Crippen molar-refractivity contribution in [1.29, 1.82) is 0 Å². The first-order valence-corrected chi connectivity index (χ1v) is 11.0. The number of halogens is 5. The zero-order valence-corrected chi connectivity index (χ0v) is 20.3. The van der Waals surface area contributed by atoms with E-state index in [1.807, 2.05) is 0 Å². The number of amides is 2. The first-order chi connectivity index (χ1) is 17.4. The molecule has 192 valence electrons. The lowest BCUT2D eigenvalue weighted by atomic mass is 9.88. The number of pyridine rings is 1. The second-order valence-electron chi connectivity index (χ2n) is 8.12. The summed E-state index contributed by atoms with van der Waals surface area (Å²) in [5.74, 6) is -0.680. The number of urea groups is 1. The molecule has 37 heavy (non-hydrogen) atoms. The Balaban J connectivity index is 1.45. The highest BCUT2D eigenvalue weighted by molar-refractivity contribution is 6.32. The van der Waals surface area contributed by atoms with Crippen molar-refractivity contribution >= 4 is 52.2 Å². The van der Waals surface area contributed by atoms with E-state index < -0.39 is 30.1 Å². The Morgan fingerprint density at radius 3 is 2.57 bits per heavy atom. The number of alkyl halides is 3. The summed E-state index contributed by atoms with van der Waals surface area (Å²) in [5.41, 5.74) is -2.72. The molecule has 0 unspecified atom stereocenters. The number of ether oxygens (including phenoxy) is 1. The van der Waals surface area contributed by atoms with Crippen LogP contribution in [0.25, 0.3) is 11.5 Å². The average molecular weight is 556 g/mol. The summed E-state index contributed by atoms with van der Waals surface area (Å²) in [6, 6.07) is 1.74. The molecule has 1 aliphatic rings. The van der Waals surface area contributed by atoms with Gasteiger partial charge in [-0.2, -0.15) is 23.4 Å². The van der Waals surface area contributed by atoms with Crippen LogP contribution < -0.4 is 10.2 Å². The standard InChI is InChI=1S/C20H14Cl2F3N9O3/c1-19(20(23,24)25)8-32(12-7-26-14-4-13(22)31-33(14)15(12)19)18(36)29-9-3-10(21)16(27-5-9)34-28-6-11(30-34)17(35)37-2/h3-7H,8H2,1-2H3,(H,29,36)/t19-/m1/s1. The van der Waals surface area contributed by atoms with Gasteiger partial charge in [0, 0.05) is 12.6 Å². The quantitative estimate of drug-likeness (QED) is 0.378. The van der Waals surface area contributed by atoms with E-state index in [1.54, 1.807) is 0 Å². The van der Waals surface area contributed by atoms with Gasteiger partial charge in [0.1, 0.15) is 5.41 Å². The summed E-state index contributed by atoms with van der Waals surface area (Å²) in [6.45, 7) is 0.240. The maximum absolute atomic E-state index is 14.2. The van der Waals surface area contributed by atoms with E-state index in [0.29, 0.717) is 0 Å². The molecule has 1 atom stereocenters. The van der Waals surface area contributed by atoms with Crippen LogP contribution in [0, 0.1) is 0 Å². The minimum Gasteiger partial charge on any atom is -0.464 e. The summed E-state index contributed by atoms with van der Waals surface area (Å²) < 4.78 is 48.3. The van der Waals surface area contributed by atoms with E-state index in [4.69, 9.17) is 23.2 Å². The molecular formula is C20H14Cl2F3N9O3. The molecule has 5 heterocycles. The molecule has 1 aliphatic heterocycles. The minimum atomic E-state index is -4.73. The smallest absolute Gasteiger partial charge is 0.401 e. The lowest BCUT2D eigenvalue weighted by Crippen LogP contribution is -2.46. The van der Waals surface area contributed by atoms with Crippen LogP contribution in [0.1, 0.15) is 23.1 Å². The molecule has 17 heteroatoms. The summed E-state index contributed by atoms with van der Waals surface area (Å²) in [6.07, 6.45) is -1.21. The van der Waals surface area contributed by atoms with E-state index in [9.17, 15) is 22.8 Å². The normalized spacial score (nSPS) is 17.2. The number of aromatic nitrogens is 7. The molecule has 0 bridgehead atoms. The van der Waals surface area contributed by atoms with Gasteiger partial charge in [0.15, 0.2) is 22.3 Å². The SMILES string of the molecule is COC(=O)c1cnn(-c2ncc(NC(=O)N3C[C@@](C)(C(F)(F)F)c4c3cnc3cc(Cl)nn43)cc2Cl)n1. The van der Waals surface area contributed by atoms with Crippen molar-refractivity contribution in [1.82, 2.24) is 34.6 Å². The number of nitrogens with one attached hydrogen (secondary N) is 1. The fraction of sp³-hybridized carbons (Fsp3) is 0.250. The van der Waals surface area contributed by atoms with Crippen molar-refractivity contribution in [2.24, 2.45) is 0 Å². The molecule has 12 nitrogen and oxygen atoms in total. The van der Waals surface area contributed by atoms with Crippen LogP contribution >= 0.6 is 23.2 Å². The number of carbonyl (C=O) groups excluding carboxylic acids is 2. The van der Waals surface area contributed by atoms with Crippen molar-refractivity contribution in [2.45, 2.75) is 18.5 Å². The average Bonchev–Trinajstić information content (AvgIpc) is 3.53.